The minimum absolute atomic E-state index is 0.0512. The quantitative estimate of drug-likeness (QED) is 0.372. The van der Waals surface area contributed by atoms with Gasteiger partial charge in [0, 0.05) is 44.1 Å². The number of anilines is 2. The Morgan fingerprint density at radius 2 is 1.72 bits per heavy atom. The summed E-state index contributed by atoms with van der Waals surface area (Å²) in [5.41, 5.74) is 1.89. The first-order valence-electron chi connectivity index (χ1n) is 11.8. The van der Waals surface area contributed by atoms with Crippen molar-refractivity contribution in [3.8, 4) is 5.75 Å². The van der Waals surface area contributed by atoms with Crippen LogP contribution in [0.25, 0.3) is 11.7 Å². The van der Waals surface area contributed by atoms with Gasteiger partial charge in [0.25, 0.3) is 11.5 Å². The molecular formula is C26H27N5O3S2. The third-order valence-electron chi connectivity index (χ3n) is 6.38. The van der Waals surface area contributed by atoms with Crippen molar-refractivity contribution in [3.05, 3.63) is 69.5 Å². The molecule has 0 N–H and O–H groups in total. The lowest BCUT2D eigenvalue weighted by molar-refractivity contribution is -0.123. The Balaban J connectivity index is 1.49. The van der Waals surface area contributed by atoms with Crippen LogP contribution in [0.15, 0.2) is 58.4 Å². The van der Waals surface area contributed by atoms with Crippen molar-refractivity contribution in [3.63, 3.8) is 0 Å². The summed E-state index contributed by atoms with van der Waals surface area (Å²) in [4.78, 5) is 38.0. The summed E-state index contributed by atoms with van der Waals surface area (Å²) in [7, 11) is 1.66. The summed E-state index contributed by atoms with van der Waals surface area (Å²) >= 11 is 6.67. The van der Waals surface area contributed by atoms with E-state index in [1.54, 1.807) is 30.3 Å². The first kappa shape index (κ1) is 24.3. The molecule has 0 saturated carbocycles. The molecule has 36 heavy (non-hydrogen) atoms. The van der Waals surface area contributed by atoms with Crippen LogP contribution in [0.2, 0.25) is 0 Å². The van der Waals surface area contributed by atoms with Gasteiger partial charge in [-0.2, -0.15) is 0 Å². The van der Waals surface area contributed by atoms with Crippen LogP contribution in [0.4, 0.5) is 11.5 Å². The van der Waals surface area contributed by atoms with Gasteiger partial charge < -0.3 is 14.5 Å². The summed E-state index contributed by atoms with van der Waals surface area (Å²) in [6, 6.07) is 13.4. The molecule has 0 atom stereocenters. The maximum Gasteiger partial charge on any atom is 0.267 e. The fourth-order valence-corrected chi connectivity index (χ4v) is 5.99. The highest BCUT2D eigenvalue weighted by Gasteiger charge is 2.34. The average molecular weight is 522 g/mol. The van der Waals surface area contributed by atoms with Crippen LogP contribution in [0.3, 0.4) is 0 Å². The Morgan fingerprint density at radius 1 is 1.03 bits per heavy atom. The van der Waals surface area contributed by atoms with Crippen molar-refractivity contribution in [2.75, 3.05) is 43.1 Å². The molecule has 0 unspecified atom stereocenters. The second-order valence-electron chi connectivity index (χ2n) is 8.90. The van der Waals surface area contributed by atoms with Crippen LogP contribution >= 0.6 is 24.0 Å². The lowest BCUT2D eigenvalue weighted by atomic mass is 10.2. The molecule has 4 heterocycles. The van der Waals surface area contributed by atoms with E-state index in [0.29, 0.717) is 39.3 Å². The van der Waals surface area contributed by atoms with E-state index in [-0.39, 0.29) is 17.5 Å². The molecule has 2 aliphatic heterocycles. The van der Waals surface area contributed by atoms with Crippen molar-refractivity contribution >= 4 is 57.4 Å². The largest absolute Gasteiger partial charge is 0.497 e. The number of methoxy groups -OCH3 is 1. The number of carbonyl (C=O) groups is 1. The zero-order chi connectivity index (χ0) is 25.4. The summed E-state index contributed by atoms with van der Waals surface area (Å²) in [6.45, 7) is 6.78. The van der Waals surface area contributed by atoms with Crippen molar-refractivity contribution in [2.24, 2.45) is 0 Å². The summed E-state index contributed by atoms with van der Waals surface area (Å²) in [6.07, 6.45) is 3.37. The van der Waals surface area contributed by atoms with Crippen LogP contribution in [0, 0.1) is 0 Å². The second-order valence-corrected chi connectivity index (χ2v) is 10.6. The van der Waals surface area contributed by atoms with E-state index in [2.05, 4.69) is 21.9 Å². The van der Waals surface area contributed by atoms with Gasteiger partial charge in [0.2, 0.25) is 0 Å². The highest BCUT2D eigenvalue weighted by atomic mass is 32.2. The molecule has 0 spiro atoms. The van der Waals surface area contributed by atoms with Crippen molar-refractivity contribution in [2.45, 2.75) is 19.9 Å². The number of aromatic nitrogens is 2. The zero-order valence-electron chi connectivity index (χ0n) is 20.4. The van der Waals surface area contributed by atoms with Crippen molar-refractivity contribution in [1.29, 1.82) is 0 Å². The van der Waals surface area contributed by atoms with Crippen LogP contribution in [-0.4, -0.2) is 63.8 Å². The first-order valence-corrected chi connectivity index (χ1v) is 13.0. The highest BCUT2D eigenvalue weighted by Crippen LogP contribution is 2.35. The predicted molar refractivity (Wildman–Crippen MR) is 149 cm³/mol. The van der Waals surface area contributed by atoms with Gasteiger partial charge in [0.15, 0.2) is 0 Å². The molecule has 0 aliphatic carbocycles. The van der Waals surface area contributed by atoms with Crippen molar-refractivity contribution < 1.29 is 9.53 Å². The molecule has 2 fully saturated rings. The molecule has 8 nitrogen and oxygen atoms in total. The van der Waals surface area contributed by atoms with Crippen molar-refractivity contribution in [1.82, 2.24) is 14.3 Å². The number of ether oxygens (including phenoxy) is 1. The molecule has 1 aromatic carbocycles. The van der Waals surface area contributed by atoms with Gasteiger partial charge in [-0.1, -0.05) is 30.0 Å². The van der Waals surface area contributed by atoms with Crippen LogP contribution < -0.4 is 20.1 Å². The molecule has 3 aromatic rings. The Kier molecular flexibility index (Phi) is 6.72. The fraction of sp³-hybridized carbons (Fsp3) is 0.308. The number of carbonyl (C=O) groups excluding carboxylic acids is 1. The van der Waals surface area contributed by atoms with E-state index < -0.39 is 0 Å². The predicted octanol–water partition coefficient (Wildman–Crippen LogP) is 3.64. The van der Waals surface area contributed by atoms with E-state index >= 15 is 0 Å². The van der Waals surface area contributed by atoms with E-state index in [1.165, 1.54) is 16.2 Å². The van der Waals surface area contributed by atoms with E-state index in [9.17, 15) is 9.59 Å². The molecular weight excluding hydrogens is 494 g/mol. The number of pyridine rings is 1. The number of hydrogen-bond acceptors (Lipinski definition) is 8. The minimum Gasteiger partial charge on any atom is -0.497 e. The molecule has 0 radical (unpaired) electrons. The number of thiocarbonyl (C=S) groups is 1. The van der Waals surface area contributed by atoms with Crippen LogP contribution in [0.5, 0.6) is 5.75 Å². The number of hydrogen-bond donors (Lipinski definition) is 0. The molecule has 1 amide bonds. The Labute approximate surface area is 219 Å². The number of piperazine rings is 1. The van der Waals surface area contributed by atoms with Gasteiger partial charge >= 0.3 is 0 Å². The highest BCUT2D eigenvalue weighted by molar-refractivity contribution is 8.26. The lowest BCUT2D eigenvalue weighted by Gasteiger charge is -2.37. The molecule has 2 saturated heterocycles. The number of amides is 1. The smallest absolute Gasteiger partial charge is 0.267 e. The Hall–Kier alpha value is -3.37. The number of nitrogens with zero attached hydrogens (tertiary/aromatic N) is 5. The maximum atomic E-state index is 13.6. The van der Waals surface area contributed by atoms with E-state index in [1.807, 2.05) is 38.1 Å². The van der Waals surface area contributed by atoms with Gasteiger partial charge in [0.1, 0.15) is 21.5 Å². The molecule has 5 rings (SSSR count). The normalized spacial score (nSPS) is 17.7. The maximum absolute atomic E-state index is 13.6. The standard InChI is InChI=1S/C26H27N5O3S2/c1-17(2)31-25(33)21(36-26(31)35)16-20-23(27-22-6-4-5-11-30(22)24(20)32)29-14-12-28(13-15-29)18-7-9-19(34-3)10-8-18/h4-11,16-17H,12-15H2,1-3H3/b21-16-. The summed E-state index contributed by atoms with van der Waals surface area (Å²) in [5.74, 6) is 1.24. The minimum atomic E-state index is -0.206. The van der Waals surface area contributed by atoms with Gasteiger partial charge in [-0.05, 0) is 56.3 Å². The number of fused-ring (bicyclic) bond motifs is 1. The van der Waals surface area contributed by atoms with Gasteiger partial charge in [-0.25, -0.2) is 4.98 Å². The molecule has 2 aliphatic rings. The fourth-order valence-electron chi connectivity index (χ4n) is 4.48. The zero-order valence-corrected chi connectivity index (χ0v) is 22.0. The first-order chi connectivity index (χ1) is 17.4. The summed E-state index contributed by atoms with van der Waals surface area (Å²) in [5, 5.41) is 0. The lowest BCUT2D eigenvalue weighted by Crippen LogP contribution is -2.47. The molecule has 186 valence electrons. The van der Waals surface area contributed by atoms with E-state index in [0.717, 1.165) is 24.5 Å². The molecule has 10 heteroatoms. The summed E-state index contributed by atoms with van der Waals surface area (Å²) < 4.78 is 7.29. The Bertz CT molecular complexity index is 1410. The number of rotatable bonds is 5. The third kappa shape index (κ3) is 4.46. The SMILES string of the molecule is COc1ccc(N2CCN(c3nc4ccccn4c(=O)c3/C=C3\SC(=S)N(C(C)C)C3=O)CC2)cc1. The van der Waals surface area contributed by atoms with Gasteiger partial charge in [-0.3, -0.25) is 18.9 Å². The molecule has 2 aromatic heterocycles. The average Bonchev–Trinajstić information content (AvgIpc) is 3.18. The Morgan fingerprint density at radius 3 is 2.36 bits per heavy atom. The number of thioether (sulfide) groups is 1. The van der Waals surface area contributed by atoms with Crippen LogP contribution in [0.1, 0.15) is 19.4 Å². The van der Waals surface area contributed by atoms with Gasteiger partial charge in [0.05, 0.1) is 17.6 Å². The monoisotopic (exact) mass is 521 g/mol. The third-order valence-corrected chi connectivity index (χ3v) is 7.71. The topological polar surface area (TPSA) is 70.4 Å². The second kappa shape index (κ2) is 9.94. The van der Waals surface area contributed by atoms with E-state index in [4.69, 9.17) is 21.9 Å². The van der Waals surface area contributed by atoms with Crippen LogP contribution in [-0.2, 0) is 4.79 Å². The van der Waals surface area contributed by atoms with Gasteiger partial charge in [-0.15, -0.1) is 0 Å². The number of benzene rings is 1. The molecule has 0 bridgehead atoms.